The number of nitrogens with zero attached hydrogens (tertiary/aromatic N) is 1. The van der Waals surface area contributed by atoms with Crippen molar-refractivity contribution in [1.82, 2.24) is 0 Å². The summed E-state index contributed by atoms with van der Waals surface area (Å²) in [5.41, 5.74) is 0.530. The van der Waals surface area contributed by atoms with Crippen molar-refractivity contribution >= 4 is 58.1 Å². The first-order valence-corrected chi connectivity index (χ1v) is 7.88. The molecule has 0 saturated carbocycles. The van der Waals surface area contributed by atoms with Crippen molar-refractivity contribution in [2.75, 3.05) is 10.2 Å². The molecule has 25 heavy (non-hydrogen) atoms. The Morgan fingerprint density at radius 2 is 1.40 bits per heavy atom. The summed E-state index contributed by atoms with van der Waals surface area (Å²) in [5, 5.41) is 3.31. The van der Waals surface area contributed by atoms with Gasteiger partial charge >= 0.3 is 5.91 Å². The van der Waals surface area contributed by atoms with E-state index in [1.54, 1.807) is 12.1 Å². The van der Waals surface area contributed by atoms with Crippen LogP contribution in [0.5, 0.6) is 0 Å². The van der Waals surface area contributed by atoms with Crippen LogP contribution in [0.3, 0.4) is 0 Å². The number of carbonyl (C=O) groups excluding carboxylic acids is 4. The lowest BCUT2D eigenvalue weighted by Gasteiger charge is -2.14. The Bertz CT molecular complexity index is 879. The van der Waals surface area contributed by atoms with Crippen LogP contribution in [0.2, 0.25) is 10.0 Å². The lowest BCUT2D eigenvalue weighted by atomic mass is 10.1. The molecule has 126 valence electrons. The number of Topliss-reactive ketones (excluding diaryl/α,β-unsaturated/α-hetero) is 1. The zero-order valence-corrected chi connectivity index (χ0v) is 14.0. The Morgan fingerprint density at radius 1 is 0.880 bits per heavy atom. The third kappa shape index (κ3) is 3.26. The van der Waals surface area contributed by atoms with Crippen LogP contribution in [0.15, 0.2) is 48.5 Å². The van der Waals surface area contributed by atoms with Crippen molar-refractivity contribution in [2.24, 2.45) is 5.92 Å². The Morgan fingerprint density at radius 3 is 1.96 bits per heavy atom. The second kappa shape index (κ2) is 6.66. The fourth-order valence-electron chi connectivity index (χ4n) is 2.39. The van der Waals surface area contributed by atoms with Gasteiger partial charge in [-0.1, -0.05) is 23.2 Å². The maximum absolute atomic E-state index is 12.5. The molecule has 1 aliphatic heterocycles. The highest BCUT2D eigenvalue weighted by atomic mass is 35.5. The summed E-state index contributed by atoms with van der Waals surface area (Å²) in [6, 6.07) is 11.9. The van der Waals surface area contributed by atoms with E-state index < -0.39 is 29.4 Å². The molecule has 3 amide bonds. The molecule has 1 N–H and O–H groups in total. The van der Waals surface area contributed by atoms with E-state index in [9.17, 15) is 19.2 Å². The molecular weight excluding hydrogens is 367 g/mol. The number of amides is 3. The summed E-state index contributed by atoms with van der Waals surface area (Å²) < 4.78 is 0. The number of carbonyl (C=O) groups is 4. The number of benzene rings is 2. The normalized spacial score (nSPS) is 17.1. The number of ketones is 1. The van der Waals surface area contributed by atoms with Gasteiger partial charge < -0.3 is 5.32 Å². The van der Waals surface area contributed by atoms with E-state index >= 15 is 0 Å². The average Bonchev–Trinajstić information content (AvgIpc) is 2.80. The van der Waals surface area contributed by atoms with Gasteiger partial charge in [0.15, 0.2) is 5.92 Å². The van der Waals surface area contributed by atoms with Gasteiger partial charge in [0.25, 0.3) is 5.91 Å². The van der Waals surface area contributed by atoms with Crippen molar-refractivity contribution in [3.63, 3.8) is 0 Å². The van der Waals surface area contributed by atoms with Crippen LogP contribution in [0, 0.1) is 5.92 Å². The molecule has 0 aromatic heterocycles. The zero-order valence-electron chi connectivity index (χ0n) is 12.5. The molecule has 1 aliphatic rings. The molecule has 2 aromatic carbocycles. The number of nitrogens with one attached hydrogen (secondary N) is 1. The molecule has 1 atom stereocenters. The average molecular weight is 377 g/mol. The fraction of sp³-hybridized carbons (Fsp3) is 0.0588. The van der Waals surface area contributed by atoms with Gasteiger partial charge in [0.2, 0.25) is 11.7 Å². The maximum Gasteiger partial charge on any atom is 0.302 e. The minimum Gasteiger partial charge on any atom is -0.325 e. The molecule has 0 radical (unpaired) electrons. The predicted octanol–water partition coefficient (Wildman–Crippen LogP) is 2.69. The van der Waals surface area contributed by atoms with Crippen LogP contribution in [-0.4, -0.2) is 23.5 Å². The third-order valence-corrected chi connectivity index (χ3v) is 4.11. The topological polar surface area (TPSA) is 83.6 Å². The quantitative estimate of drug-likeness (QED) is 0.507. The summed E-state index contributed by atoms with van der Waals surface area (Å²) in [6.07, 6.45) is 0. The molecule has 2 aromatic rings. The van der Waals surface area contributed by atoms with Crippen LogP contribution in [0.1, 0.15) is 0 Å². The van der Waals surface area contributed by atoms with Crippen LogP contribution >= 0.6 is 23.2 Å². The SMILES string of the molecule is O=C(Nc1ccc(Cl)cc1)[C@@H]1C(=O)C(=O)N(c2ccc(Cl)cc2)C1=O. The van der Waals surface area contributed by atoms with E-state index in [1.807, 2.05) is 0 Å². The van der Waals surface area contributed by atoms with E-state index in [0.717, 1.165) is 0 Å². The second-order valence-electron chi connectivity index (χ2n) is 5.25. The maximum atomic E-state index is 12.5. The molecule has 0 unspecified atom stereocenters. The first-order chi connectivity index (χ1) is 11.9. The Kier molecular flexibility index (Phi) is 4.57. The molecule has 8 heteroatoms. The standard InChI is InChI=1S/C17H10Cl2N2O4/c18-9-1-5-11(6-2-9)20-15(23)13-14(22)17(25)21(16(13)24)12-7-3-10(19)4-8-12/h1-8,13H,(H,20,23)/t13-/m0/s1. The Balaban J connectivity index is 1.84. The monoisotopic (exact) mass is 376 g/mol. The van der Waals surface area contributed by atoms with E-state index in [2.05, 4.69) is 5.32 Å². The first-order valence-electron chi connectivity index (χ1n) is 7.12. The Labute approximate surface area is 152 Å². The minimum atomic E-state index is -1.72. The van der Waals surface area contributed by atoms with Gasteiger partial charge in [0.05, 0.1) is 5.69 Å². The molecule has 1 saturated heterocycles. The molecule has 1 fully saturated rings. The first kappa shape index (κ1) is 17.1. The molecule has 0 bridgehead atoms. The fourth-order valence-corrected chi connectivity index (χ4v) is 2.64. The predicted molar refractivity (Wildman–Crippen MR) is 92.5 cm³/mol. The second-order valence-corrected chi connectivity index (χ2v) is 6.12. The number of rotatable bonds is 3. The van der Waals surface area contributed by atoms with Crippen molar-refractivity contribution < 1.29 is 19.2 Å². The van der Waals surface area contributed by atoms with E-state index in [-0.39, 0.29) is 5.69 Å². The van der Waals surface area contributed by atoms with E-state index in [0.29, 0.717) is 20.6 Å². The number of imide groups is 1. The van der Waals surface area contributed by atoms with Crippen LogP contribution in [0.4, 0.5) is 11.4 Å². The van der Waals surface area contributed by atoms with E-state index in [1.165, 1.54) is 36.4 Å². The minimum absolute atomic E-state index is 0.176. The van der Waals surface area contributed by atoms with E-state index in [4.69, 9.17) is 23.2 Å². The summed E-state index contributed by atoms with van der Waals surface area (Å²) in [4.78, 5) is 49.7. The molecule has 3 rings (SSSR count). The van der Waals surface area contributed by atoms with Gasteiger partial charge in [0.1, 0.15) is 0 Å². The van der Waals surface area contributed by atoms with Crippen LogP contribution in [-0.2, 0) is 19.2 Å². The van der Waals surface area contributed by atoms with Crippen LogP contribution < -0.4 is 10.2 Å². The smallest absolute Gasteiger partial charge is 0.302 e. The summed E-state index contributed by atoms with van der Waals surface area (Å²) in [6.45, 7) is 0. The highest BCUT2D eigenvalue weighted by molar-refractivity contribution is 6.60. The number of hydrogen-bond acceptors (Lipinski definition) is 4. The molecular formula is C17H10Cl2N2O4. The summed E-state index contributed by atoms with van der Waals surface area (Å²) in [5.74, 6) is -5.63. The largest absolute Gasteiger partial charge is 0.325 e. The van der Waals surface area contributed by atoms with Crippen molar-refractivity contribution in [3.05, 3.63) is 58.6 Å². The van der Waals surface area contributed by atoms with Gasteiger partial charge in [-0.25, -0.2) is 4.90 Å². The number of hydrogen-bond donors (Lipinski definition) is 1. The van der Waals surface area contributed by atoms with Crippen molar-refractivity contribution in [1.29, 1.82) is 0 Å². The highest BCUT2D eigenvalue weighted by Crippen LogP contribution is 2.26. The molecule has 0 spiro atoms. The summed E-state index contributed by atoms with van der Waals surface area (Å²) in [7, 11) is 0. The lowest BCUT2D eigenvalue weighted by molar-refractivity contribution is -0.139. The Hall–Kier alpha value is -2.70. The van der Waals surface area contributed by atoms with Gasteiger partial charge in [-0.15, -0.1) is 0 Å². The van der Waals surface area contributed by atoms with Crippen molar-refractivity contribution in [3.8, 4) is 0 Å². The summed E-state index contributed by atoms with van der Waals surface area (Å²) >= 11 is 11.5. The van der Waals surface area contributed by atoms with Crippen LogP contribution in [0.25, 0.3) is 0 Å². The lowest BCUT2D eigenvalue weighted by Crippen LogP contribution is -2.34. The van der Waals surface area contributed by atoms with Gasteiger partial charge in [-0.3, -0.25) is 19.2 Å². The molecule has 0 aliphatic carbocycles. The highest BCUT2D eigenvalue weighted by Gasteiger charge is 2.51. The number of halogens is 2. The molecule has 1 heterocycles. The van der Waals surface area contributed by atoms with Gasteiger partial charge in [-0.2, -0.15) is 0 Å². The van der Waals surface area contributed by atoms with Gasteiger partial charge in [0, 0.05) is 15.7 Å². The molecule has 6 nitrogen and oxygen atoms in total. The van der Waals surface area contributed by atoms with Gasteiger partial charge in [-0.05, 0) is 48.5 Å². The van der Waals surface area contributed by atoms with Crippen molar-refractivity contribution in [2.45, 2.75) is 0 Å². The third-order valence-electron chi connectivity index (χ3n) is 3.60. The zero-order chi connectivity index (χ0) is 18.1. The number of anilines is 2.